The Morgan fingerprint density at radius 1 is 1.14 bits per heavy atom. The number of nitrogens with zero attached hydrogens (tertiary/aromatic N) is 2. The third-order valence-corrected chi connectivity index (χ3v) is 7.36. The molecule has 2 heterocycles. The predicted octanol–water partition coefficient (Wildman–Crippen LogP) is 1.80. The summed E-state index contributed by atoms with van der Waals surface area (Å²) < 4.78 is 33.5. The predicted molar refractivity (Wildman–Crippen MR) is 103 cm³/mol. The maximum Gasteiger partial charge on any atom is 0.355 e. The van der Waals surface area contributed by atoms with Gasteiger partial charge in [-0.1, -0.05) is 19.3 Å². The van der Waals surface area contributed by atoms with Gasteiger partial charge in [-0.15, -0.1) is 0 Å². The molecule has 0 bridgehead atoms. The second-order valence-electron chi connectivity index (χ2n) is 7.67. The number of ether oxygens (including phenoxy) is 1. The second kappa shape index (κ2) is 8.65. The topological polar surface area (TPSA) is 97.7 Å². The Bertz CT molecular complexity index is 821. The van der Waals surface area contributed by atoms with Crippen molar-refractivity contribution in [1.82, 2.24) is 14.2 Å². The molecule has 1 aromatic heterocycles. The van der Waals surface area contributed by atoms with Crippen molar-refractivity contribution < 1.29 is 22.7 Å². The summed E-state index contributed by atoms with van der Waals surface area (Å²) in [5.41, 5.74) is 0.107. The summed E-state index contributed by atoms with van der Waals surface area (Å²) in [6.07, 6.45) is 7.42. The van der Waals surface area contributed by atoms with Crippen LogP contribution in [-0.2, 0) is 26.6 Å². The van der Waals surface area contributed by atoms with Gasteiger partial charge in [-0.3, -0.25) is 4.79 Å². The first kappa shape index (κ1) is 20.9. The molecule has 1 aliphatic carbocycles. The molecule has 1 aliphatic heterocycles. The molecule has 0 aromatic carbocycles. The van der Waals surface area contributed by atoms with Gasteiger partial charge in [0.25, 0.3) is 5.91 Å². The Labute approximate surface area is 166 Å². The van der Waals surface area contributed by atoms with Crippen LogP contribution in [0.4, 0.5) is 0 Å². The van der Waals surface area contributed by atoms with Crippen molar-refractivity contribution in [3.8, 4) is 0 Å². The standard InChI is InChI=1S/C19H29N3O5S/c1-14(18(23)20-15-8-4-3-5-9-15)27-19(24)17-12-16(13-21(17)2)28(25,26)22-10-6-7-11-22/h12-15H,3-11H2,1-2H3,(H,20,23). The van der Waals surface area contributed by atoms with Gasteiger partial charge >= 0.3 is 5.97 Å². The highest BCUT2D eigenvalue weighted by Crippen LogP contribution is 2.23. The average Bonchev–Trinajstić information content (AvgIpc) is 3.32. The molecule has 8 nitrogen and oxygen atoms in total. The van der Waals surface area contributed by atoms with Gasteiger partial charge in [0, 0.05) is 32.4 Å². The molecule has 156 valence electrons. The largest absolute Gasteiger partial charge is 0.448 e. The molecule has 28 heavy (non-hydrogen) atoms. The van der Waals surface area contributed by atoms with Gasteiger partial charge in [0.05, 0.1) is 0 Å². The zero-order valence-electron chi connectivity index (χ0n) is 16.5. The number of amides is 1. The summed E-state index contributed by atoms with van der Waals surface area (Å²) >= 11 is 0. The zero-order chi connectivity index (χ0) is 20.3. The zero-order valence-corrected chi connectivity index (χ0v) is 17.3. The smallest absolute Gasteiger partial charge is 0.355 e. The number of carbonyl (C=O) groups is 2. The Hall–Kier alpha value is -1.87. The van der Waals surface area contributed by atoms with Crippen LogP contribution in [0.15, 0.2) is 17.2 Å². The van der Waals surface area contributed by atoms with Crippen molar-refractivity contribution >= 4 is 21.9 Å². The maximum absolute atomic E-state index is 12.7. The maximum atomic E-state index is 12.7. The van der Waals surface area contributed by atoms with Crippen molar-refractivity contribution in [2.24, 2.45) is 7.05 Å². The van der Waals surface area contributed by atoms with Crippen LogP contribution < -0.4 is 5.32 Å². The van der Waals surface area contributed by atoms with Gasteiger partial charge < -0.3 is 14.6 Å². The van der Waals surface area contributed by atoms with E-state index < -0.39 is 22.1 Å². The number of carbonyl (C=O) groups excluding carboxylic acids is 2. The fraction of sp³-hybridized carbons (Fsp3) is 0.684. The highest BCUT2D eigenvalue weighted by atomic mass is 32.2. The van der Waals surface area contributed by atoms with Crippen LogP contribution in [0.2, 0.25) is 0 Å². The van der Waals surface area contributed by atoms with E-state index in [1.54, 1.807) is 7.05 Å². The lowest BCUT2D eigenvalue weighted by atomic mass is 9.95. The molecule has 1 aromatic rings. The Morgan fingerprint density at radius 2 is 1.79 bits per heavy atom. The summed E-state index contributed by atoms with van der Waals surface area (Å²) in [4.78, 5) is 24.9. The lowest BCUT2D eigenvalue weighted by Crippen LogP contribution is -2.42. The molecule has 1 saturated carbocycles. The monoisotopic (exact) mass is 411 g/mol. The molecule has 9 heteroatoms. The van der Waals surface area contributed by atoms with E-state index in [1.165, 1.54) is 34.5 Å². The first-order chi connectivity index (χ1) is 13.3. The molecule has 1 saturated heterocycles. The van der Waals surface area contributed by atoms with E-state index in [0.29, 0.717) is 13.1 Å². The highest BCUT2D eigenvalue weighted by Gasteiger charge is 2.30. The summed E-state index contributed by atoms with van der Waals surface area (Å²) in [6, 6.07) is 1.46. The van der Waals surface area contributed by atoms with E-state index in [-0.39, 0.29) is 22.5 Å². The molecule has 2 fully saturated rings. The number of sulfonamides is 1. The van der Waals surface area contributed by atoms with Crippen molar-refractivity contribution in [3.63, 3.8) is 0 Å². The number of nitrogens with one attached hydrogen (secondary N) is 1. The Balaban J connectivity index is 1.64. The quantitative estimate of drug-likeness (QED) is 0.720. The first-order valence-electron chi connectivity index (χ1n) is 9.97. The number of hydrogen-bond acceptors (Lipinski definition) is 5. The van der Waals surface area contributed by atoms with Gasteiger partial charge in [-0.05, 0) is 38.7 Å². The van der Waals surface area contributed by atoms with Crippen molar-refractivity contribution in [2.45, 2.75) is 68.9 Å². The van der Waals surface area contributed by atoms with Crippen LogP contribution in [0.25, 0.3) is 0 Å². The van der Waals surface area contributed by atoms with Gasteiger partial charge in [-0.25, -0.2) is 13.2 Å². The fourth-order valence-electron chi connectivity index (χ4n) is 3.80. The van der Waals surface area contributed by atoms with Gasteiger partial charge in [0.1, 0.15) is 10.6 Å². The van der Waals surface area contributed by atoms with E-state index in [1.807, 2.05) is 0 Å². The third-order valence-electron chi connectivity index (χ3n) is 5.50. The molecule has 1 N–H and O–H groups in total. The Kier molecular flexibility index (Phi) is 6.44. The first-order valence-corrected chi connectivity index (χ1v) is 11.4. The SMILES string of the molecule is CC(OC(=O)c1cc(S(=O)(=O)N2CCCC2)cn1C)C(=O)NC1CCCCC1. The number of esters is 1. The number of rotatable bonds is 6. The number of aryl methyl sites for hydroxylation is 1. The number of hydrogen-bond donors (Lipinski definition) is 1. The summed E-state index contributed by atoms with van der Waals surface area (Å²) in [5, 5.41) is 2.93. The van der Waals surface area contributed by atoms with E-state index >= 15 is 0 Å². The van der Waals surface area contributed by atoms with E-state index in [0.717, 1.165) is 38.5 Å². The summed E-state index contributed by atoms with van der Waals surface area (Å²) in [6.45, 7) is 2.52. The molecular weight excluding hydrogens is 382 g/mol. The summed E-state index contributed by atoms with van der Waals surface area (Å²) in [7, 11) is -2.02. The normalized spacial score (nSPS) is 20.1. The lowest BCUT2D eigenvalue weighted by molar-refractivity contribution is -0.130. The van der Waals surface area contributed by atoms with Crippen LogP contribution >= 0.6 is 0 Å². The molecule has 0 radical (unpaired) electrons. The van der Waals surface area contributed by atoms with Crippen LogP contribution in [-0.4, -0.2) is 54.4 Å². The molecule has 1 unspecified atom stereocenters. The molecular formula is C19H29N3O5S. The summed E-state index contributed by atoms with van der Waals surface area (Å²) in [5.74, 6) is -1.03. The number of aromatic nitrogens is 1. The van der Waals surface area contributed by atoms with Gasteiger partial charge in [-0.2, -0.15) is 4.31 Å². The van der Waals surface area contributed by atoms with Crippen molar-refractivity contribution in [1.29, 1.82) is 0 Å². The second-order valence-corrected chi connectivity index (χ2v) is 9.61. The minimum atomic E-state index is -3.61. The van der Waals surface area contributed by atoms with E-state index in [9.17, 15) is 18.0 Å². The Morgan fingerprint density at radius 3 is 2.43 bits per heavy atom. The van der Waals surface area contributed by atoms with Crippen molar-refractivity contribution in [3.05, 3.63) is 18.0 Å². The molecule has 3 rings (SSSR count). The van der Waals surface area contributed by atoms with Gasteiger partial charge in [0.2, 0.25) is 10.0 Å². The lowest BCUT2D eigenvalue weighted by Gasteiger charge is -2.24. The van der Waals surface area contributed by atoms with Crippen LogP contribution in [0.1, 0.15) is 62.4 Å². The van der Waals surface area contributed by atoms with E-state index in [2.05, 4.69) is 5.32 Å². The molecule has 1 amide bonds. The van der Waals surface area contributed by atoms with Gasteiger partial charge in [0.15, 0.2) is 6.10 Å². The van der Waals surface area contributed by atoms with E-state index in [4.69, 9.17) is 4.74 Å². The molecule has 0 spiro atoms. The average molecular weight is 412 g/mol. The third kappa shape index (κ3) is 4.57. The molecule has 1 atom stereocenters. The van der Waals surface area contributed by atoms with Crippen LogP contribution in [0.5, 0.6) is 0 Å². The highest BCUT2D eigenvalue weighted by molar-refractivity contribution is 7.89. The van der Waals surface area contributed by atoms with Crippen LogP contribution in [0, 0.1) is 0 Å². The van der Waals surface area contributed by atoms with Crippen LogP contribution in [0.3, 0.4) is 0 Å². The minimum Gasteiger partial charge on any atom is -0.448 e. The molecule has 2 aliphatic rings. The fourth-order valence-corrected chi connectivity index (χ4v) is 5.38. The minimum absolute atomic E-state index is 0.0724. The van der Waals surface area contributed by atoms with Crippen molar-refractivity contribution in [2.75, 3.05) is 13.1 Å².